The van der Waals surface area contributed by atoms with E-state index >= 15 is 0 Å². The molecule has 0 fully saturated rings. The molecule has 5 rings (SSSR count). The van der Waals surface area contributed by atoms with Crippen LogP contribution in [0, 0.1) is 0 Å². The van der Waals surface area contributed by atoms with Crippen LogP contribution < -0.4 is 5.73 Å². The summed E-state index contributed by atoms with van der Waals surface area (Å²) in [5.74, 6) is 0.678. The van der Waals surface area contributed by atoms with Crippen LogP contribution in [0.3, 0.4) is 0 Å². The highest BCUT2D eigenvalue weighted by Gasteiger charge is 2.30. The van der Waals surface area contributed by atoms with E-state index in [2.05, 4.69) is 29.4 Å². The highest BCUT2D eigenvalue weighted by Crippen LogP contribution is 2.50. The van der Waals surface area contributed by atoms with Gasteiger partial charge in [0, 0.05) is 34.6 Å². The molecule has 0 saturated carbocycles. The van der Waals surface area contributed by atoms with Gasteiger partial charge in [-0.15, -0.1) is 0 Å². The van der Waals surface area contributed by atoms with Crippen molar-refractivity contribution in [2.75, 3.05) is 19.4 Å². The van der Waals surface area contributed by atoms with Gasteiger partial charge in [0.15, 0.2) is 6.61 Å². The lowest BCUT2D eigenvalue weighted by Crippen LogP contribution is -2.31. The summed E-state index contributed by atoms with van der Waals surface area (Å²) in [5, 5.41) is 1.97. The molecule has 3 aromatic carbocycles. The fourth-order valence-electron chi connectivity index (χ4n) is 5.18. The Hall–Kier alpha value is -3.08. The first-order valence-electron chi connectivity index (χ1n) is 15.6. The Bertz CT molecular complexity index is 1700. The number of hydrogen-bond acceptors (Lipinski definition) is 8. The quantitative estimate of drug-likeness (QED) is 0.0953. The number of primary amides is 1. The lowest BCUT2D eigenvalue weighted by Gasteiger charge is -2.30. The fraction of sp³-hybridized carbons (Fsp3) is 0.314. The summed E-state index contributed by atoms with van der Waals surface area (Å²) in [6.45, 7) is 6.19. The molecule has 1 aliphatic rings. The van der Waals surface area contributed by atoms with Gasteiger partial charge in [-0.2, -0.15) is 0 Å². The van der Waals surface area contributed by atoms with Crippen molar-refractivity contribution in [1.82, 2.24) is 14.5 Å². The number of imidazole rings is 1. The number of ether oxygens (including phenoxy) is 1. The minimum atomic E-state index is -3.50. The van der Waals surface area contributed by atoms with Crippen LogP contribution >= 0.6 is 42.6 Å². The zero-order valence-corrected chi connectivity index (χ0v) is 30.1. The molecular weight excluding hydrogens is 690 g/mol. The molecule has 0 spiro atoms. The predicted octanol–water partition coefficient (Wildman–Crippen LogP) is 9.28. The molecule has 1 aliphatic heterocycles. The van der Waals surface area contributed by atoms with Crippen molar-refractivity contribution in [2.24, 2.45) is 5.73 Å². The molecule has 9 nitrogen and oxygen atoms in total. The number of benzene rings is 3. The predicted molar refractivity (Wildman–Crippen MR) is 190 cm³/mol. The number of hydrogen-bond donors (Lipinski definition) is 1. The molecule has 4 aromatic rings. The van der Waals surface area contributed by atoms with Crippen molar-refractivity contribution in [2.45, 2.75) is 62.5 Å². The second-order valence-corrected chi connectivity index (χ2v) is 15.7. The number of nitrogens with two attached hydrogens (primary N) is 1. The van der Waals surface area contributed by atoms with E-state index in [1.54, 1.807) is 6.07 Å². The van der Waals surface area contributed by atoms with Crippen LogP contribution in [0.4, 0.5) is 4.79 Å². The van der Waals surface area contributed by atoms with E-state index in [0.29, 0.717) is 35.5 Å². The molecule has 2 heterocycles. The van der Waals surface area contributed by atoms with Gasteiger partial charge in [-0.1, -0.05) is 121 Å². The minimum Gasteiger partial charge on any atom is -0.442 e. The number of carbonyl (C=O) groups excluding carboxylic acids is 1. The average molecular weight is 730 g/mol. The first-order valence-corrected chi connectivity index (χ1v) is 18.9. The lowest BCUT2D eigenvalue weighted by molar-refractivity contribution is 0.145. The fourth-order valence-corrected chi connectivity index (χ4v) is 8.77. The summed E-state index contributed by atoms with van der Waals surface area (Å²) < 4.78 is 33.4. The number of rotatable bonds is 15. The highest BCUT2D eigenvalue weighted by molar-refractivity contribution is 7.99. The Labute approximate surface area is 295 Å². The maximum atomic E-state index is 14.1. The molecule has 13 heteroatoms. The second-order valence-electron chi connectivity index (χ2n) is 11.7. The van der Waals surface area contributed by atoms with Gasteiger partial charge in [0.25, 0.3) is 0 Å². The van der Waals surface area contributed by atoms with E-state index in [-0.39, 0.29) is 32.0 Å². The second kappa shape index (κ2) is 17.0. The molecule has 1 aromatic heterocycles. The third kappa shape index (κ3) is 10.5. The molecule has 254 valence electrons. The van der Waals surface area contributed by atoms with Crippen LogP contribution in [0.1, 0.15) is 48.8 Å². The molecule has 1 amide bonds. The minimum absolute atomic E-state index is 0.0635. The summed E-state index contributed by atoms with van der Waals surface area (Å²) >= 11 is 14.2. The maximum Gasteiger partial charge on any atom is 0.404 e. The molecule has 0 saturated heterocycles. The molecule has 0 radical (unpaired) electrons. The van der Waals surface area contributed by atoms with Crippen LogP contribution in [0.25, 0.3) is 0 Å². The summed E-state index contributed by atoms with van der Waals surface area (Å²) in [7, 11) is -3.50. The summed E-state index contributed by atoms with van der Waals surface area (Å²) in [5.41, 5.74) is 9.19. The van der Waals surface area contributed by atoms with E-state index in [1.807, 2.05) is 72.8 Å². The monoisotopic (exact) mass is 728 g/mol. The third-order valence-corrected chi connectivity index (χ3v) is 11.0. The van der Waals surface area contributed by atoms with Crippen LogP contribution in [-0.4, -0.2) is 39.9 Å². The van der Waals surface area contributed by atoms with Crippen LogP contribution in [0.15, 0.2) is 100 Å². The Balaban J connectivity index is 1.34. The van der Waals surface area contributed by atoms with E-state index in [9.17, 15) is 9.36 Å². The molecule has 2 N–H and O–H groups in total. The first-order chi connectivity index (χ1) is 23.1. The Morgan fingerprint density at radius 1 is 0.958 bits per heavy atom. The van der Waals surface area contributed by atoms with Crippen LogP contribution in [-0.2, 0) is 44.7 Å². The Morgan fingerprint density at radius 2 is 1.56 bits per heavy atom. The smallest absolute Gasteiger partial charge is 0.404 e. The van der Waals surface area contributed by atoms with Gasteiger partial charge < -0.3 is 24.1 Å². The largest absolute Gasteiger partial charge is 0.442 e. The van der Waals surface area contributed by atoms with Gasteiger partial charge in [0.2, 0.25) is 0 Å². The van der Waals surface area contributed by atoms with E-state index in [4.69, 9.17) is 47.7 Å². The Kier molecular flexibility index (Phi) is 12.8. The molecular formula is C35H39Cl2N4O5PS. The average Bonchev–Trinajstić information content (AvgIpc) is 3.40. The van der Waals surface area contributed by atoms with Gasteiger partial charge >= 0.3 is 13.7 Å². The lowest BCUT2D eigenvalue weighted by atomic mass is 10.1. The van der Waals surface area contributed by atoms with Crippen molar-refractivity contribution >= 4 is 48.7 Å². The van der Waals surface area contributed by atoms with Crippen molar-refractivity contribution < 1.29 is 23.1 Å². The molecule has 0 aliphatic carbocycles. The van der Waals surface area contributed by atoms with E-state index < -0.39 is 13.7 Å². The number of nitrogens with zero attached hydrogens (tertiary/aromatic N) is 3. The number of aromatic nitrogens is 2. The van der Waals surface area contributed by atoms with Gasteiger partial charge in [0.1, 0.15) is 17.1 Å². The van der Waals surface area contributed by atoms with E-state index in [1.165, 1.54) is 11.8 Å². The van der Waals surface area contributed by atoms with E-state index in [0.717, 1.165) is 38.7 Å². The molecule has 48 heavy (non-hydrogen) atoms. The zero-order valence-electron chi connectivity index (χ0n) is 26.9. The van der Waals surface area contributed by atoms with Crippen molar-refractivity contribution in [1.29, 1.82) is 0 Å². The summed E-state index contributed by atoms with van der Waals surface area (Å²) in [6, 6.07) is 24.7. The van der Waals surface area contributed by atoms with Gasteiger partial charge in [-0.25, -0.2) is 9.78 Å². The number of carbonyl (C=O) groups is 1. The molecule has 0 unspecified atom stereocenters. The summed E-state index contributed by atoms with van der Waals surface area (Å²) in [6.07, 6.45) is 2.15. The Morgan fingerprint density at radius 3 is 2.08 bits per heavy atom. The van der Waals surface area contributed by atoms with Crippen LogP contribution in [0.2, 0.25) is 10.0 Å². The van der Waals surface area contributed by atoms with Gasteiger partial charge in [-0.3, -0.25) is 9.46 Å². The van der Waals surface area contributed by atoms with Crippen molar-refractivity contribution in [3.63, 3.8) is 0 Å². The maximum absolute atomic E-state index is 14.1. The number of amides is 1. The normalized spacial score (nSPS) is 13.9. The SMILES string of the molecule is CC(C)c1nc(COC(N)=O)n(CC2=CCN(CP(=O)(OCc3ccccc3)OCc3ccccc3)CC2)c1Sc1cc(Cl)cc(Cl)c1. The van der Waals surface area contributed by atoms with Crippen molar-refractivity contribution in [3.8, 4) is 0 Å². The summed E-state index contributed by atoms with van der Waals surface area (Å²) in [4.78, 5) is 19.4. The van der Waals surface area contributed by atoms with Crippen LogP contribution in [0.5, 0.6) is 0 Å². The topological polar surface area (TPSA) is 109 Å². The van der Waals surface area contributed by atoms with Gasteiger partial charge in [-0.05, 0) is 41.7 Å². The number of halogens is 2. The zero-order chi connectivity index (χ0) is 34.1. The highest BCUT2D eigenvalue weighted by atomic mass is 35.5. The third-order valence-electron chi connectivity index (χ3n) is 7.63. The molecule has 0 atom stereocenters. The first kappa shape index (κ1) is 36.2. The van der Waals surface area contributed by atoms with Gasteiger partial charge in [0.05, 0.1) is 18.9 Å². The van der Waals surface area contributed by atoms with Crippen molar-refractivity contribution in [3.05, 3.63) is 123 Å². The molecule has 0 bridgehead atoms. The standard InChI is InChI=1S/C35H39Cl2N4O5PS/c1-25(2)33-34(48-31-18-29(36)17-30(37)19-31)41(32(39-33)23-44-35(38)42)20-26-13-15-40(16-14-26)24-47(43,45-21-27-9-5-3-6-10-27)46-22-28-11-7-4-8-12-28/h3-13,17-19,25H,14-16,20-24H2,1-2H3,(H2,38,42).